The molecule has 10 heteroatoms. The van der Waals surface area contributed by atoms with Crippen molar-refractivity contribution in [1.29, 1.82) is 0 Å². The minimum atomic E-state index is -1.24. The van der Waals surface area contributed by atoms with Gasteiger partial charge in [0.25, 0.3) is 11.8 Å². The van der Waals surface area contributed by atoms with Gasteiger partial charge < -0.3 is 15.2 Å². The molecule has 0 spiro atoms. The minimum Gasteiger partial charge on any atom is -0.480 e. The van der Waals surface area contributed by atoms with Crippen molar-refractivity contribution >= 4 is 29.7 Å². The largest absolute Gasteiger partial charge is 0.480 e. The Bertz CT molecular complexity index is 476. The van der Waals surface area contributed by atoms with E-state index in [1.54, 1.807) is 0 Å². The van der Waals surface area contributed by atoms with Crippen LogP contribution >= 0.6 is 0 Å². The molecular weight excluding hydrogens is 286 g/mol. The van der Waals surface area contributed by atoms with Crippen LogP contribution in [0.25, 0.3) is 0 Å². The summed E-state index contributed by atoms with van der Waals surface area (Å²) < 4.78 is 4.49. The van der Waals surface area contributed by atoms with Gasteiger partial charge in [-0.25, -0.2) is 9.59 Å². The Kier molecular flexibility index (Phi) is 5.79. The third-order valence-electron chi connectivity index (χ3n) is 2.67. The van der Waals surface area contributed by atoms with E-state index in [4.69, 9.17) is 5.11 Å². The molecule has 1 aliphatic heterocycles. The predicted molar refractivity (Wildman–Crippen MR) is 65.9 cm³/mol. The van der Waals surface area contributed by atoms with Gasteiger partial charge in [-0.05, 0) is 6.42 Å². The Morgan fingerprint density at radius 3 is 2.62 bits per heavy atom. The number of aliphatic carboxylic acids is 1. The summed E-state index contributed by atoms with van der Waals surface area (Å²) in [6.07, 6.45) is 0.266. The van der Waals surface area contributed by atoms with Crippen molar-refractivity contribution in [2.75, 3.05) is 20.3 Å². The number of hydrogen-bond acceptors (Lipinski definition) is 6. The molecule has 0 aromatic carbocycles. The number of hydrogen-bond donors (Lipinski definition) is 3. The van der Waals surface area contributed by atoms with E-state index in [0.29, 0.717) is 0 Å². The zero-order chi connectivity index (χ0) is 16.0. The molecule has 1 aliphatic rings. The van der Waals surface area contributed by atoms with E-state index in [2.05, 4.69) is 10.1 Å². The van der Waals surface area contributed by atoms with Crippen molar-refractivity contribution in [2.45, 2.75) is 18.9 Å². The first-order valence-corrected chi connectivity index (χ1v) is 6.01. The molecule has 0 radical (unpaired) electrons. The van der Waals surface area contributed by atoms with Crippen molar-refractivity contribution < 1.29 is 33.8 Å². The Balaban J connectivity index is 2.36. The first-order valence-electron chi connectivity index (χ1n) is 6.01. The molecule has 0 aromatic rings. The van der Waals surface area contributed by atoms with E-state index in [9.17, 15) is 24.0 Å². The van der Waals surface area contributed by atoms with Gasteiger partial charge in [0.1, 0.15) is 19.3 Å². The summed E-state index contributed by atoms with van der Waals surface area (Å²) in [7, 11) is 1.31. The Morgan fingerprint density at radius 1 is 1.33 bits per heavy atom. The smallest absolute Gasteiger partial charge is 0.329 e. The van der Waals surface area contributed by atoms with Crippen molar-refractivity contribution in [3.8, 4) is 0 Å². The predicted octanol–water partition coefficient (Wildman–Crippen LogP) is -1.94. The Labute approximate surface area is 119 Å². The van der Waals surface area contributed by atoms with Crippen LogP contribution in [0.2, 0.25) is 0 Å². The second-order valence-corrected chi connectivity index (χ2v) is 4.29. The monoisotopic (exact) mass is 301 g/mol. The van der Waals surface area contributed by atoms with E-state index < -0.39 is 43.1 Å². The molecule has 21 heavy (non-hydrogen) atoms. The first kappa shape index (κ1) is 16.6. The lowest BCUT2D eigenvalue weighted by atomic mass is 10.1. The van der Waals surface area contributed by atoms with Gasteiger partial charge in [0.2, 0.25) is 5.91 Å². The van der Waals surface area contributed by atoms with Gasteiger partial charge >= 0.3 is 12.0 Å². The highest BCUT2D eigenvalue weighted by Crippen LogP contribution is 2.10. The Hall–Kier alpha value is -2.49. The van der Waals surface area contributed by atoms with Gasteiger partial charge in [-0.15, -0.1) is 0 Å². The number of urea groups is 1. The summed E-state index contributed by atoms with van der Waals surface area (Å²) >= 11 is 0. The van der Waals surface area contributed by atoms with Gasteiger partial charge in [-0.1, -0.05) is 0 Å². The minimum absolute atomic E-state index is 0.114. The maximum Gasteiger partial charge on any atom is 0.329 e. The van der Waals surface area contributed by atoms with Crippen molar-refractivity contribution in [3.05, 3.63) is 0 Å². The Morgan fingerprint density at radius 2 is 2.00 bits per heavy atom. The normalized spacial score (nSPS) is 18.3. The molecule has 3 N–H and O–H groups in total. The molecule has 0 aliphatic carbocycles. The van der Waals surface area contributed by atoms with E-state index in [1.807, 2.05) is 5.32 Å². The summed E-state index contributed by atoms with van der Waals surface area (Å²) in [6, 6.07) is -1.81. The standard InChI is InChI=1S/C11H15N3O7/c1-14-8(16)3-2-6(10(14)19)12-11(20)13-7(15)4-21-5-9(17)18/h6H,2-5H2,1H3,(H,17,18)(H2,12,13,15,20). The zero-order valence-electron chi connectivity index (χ0n) is 11.2. The van der Waals surface area contributed by atoms with Crippen molar-refractivity contribution in [2.24, 2.45) is 0 Å². The lowest BCUT2D eigenvalue weighted by molar-refractivity contribution is -0.148. The highest BCUT2D eigenvalue weighted by molar-refractivity contribution is 6.02. The molecule has 1 rings (SSSR count). The van der Waals surface area contributed by atoms with Crippen LogP contribution in [0, 0.1) is 0 Å². The second kappa shape index (κ2) is 7.33. The zero-order valence-corrected chi connectivity index (χ0v) is 11.2. The summed E-state index contributed by atoms with van der Waals surface area (Å²) in [4.78, 5) is 56.7. The second-order valence-electron chi connectivity index (χ2n) is 4.29. The van der Waals surface area contributed by atoms with Crippen molar-refractivity contribution in [1.82, 2.24) is 15.5 Å². The number of nitrogens with zero attached hydrogens (tertiary/aromatic N) is 1. The van der Waals surface area contributed by atoms with Gasteiger partial charge in [0, 0.05) is 13.5 Å². The molecular formula is C11H15N3O7. The molecule has 116 valence electrons. The lowest BCUT2D eigenvalue weighted by Crippen LogP contribution is -2.55. The number of rotatable bonds is 5. The maximum absolute atomic E-state index is 11.7. The quantitative estimate of drug-likeness (QED) is 0.501. The van der Waals surface area contributed by atoms with Crippen LogP contribution < -0.4 is 10.6 Å². The summed E-state index contributed by atoms with van der Waals surface area (Å²) in [5, 5.41) is 12.4. The molecule has 0 saturated carbocycles. The van der Waals surface area contributed by atoms with Gasteiger partial charge in [0.05, 0.1) is 0 Å². The molecule has 0 aromatic heterocycles. The van der Waals surface area contributed by atoms with Crippen LogP contribution in [0.1, 0.15) is 12.8 Å². The molecule has 1 saturated heterocycles. The lowest BCUT2D eigenvalue weighted by Gasteiger charge is -2.27. The summed E-state index contributed by atoms with van der Waals surface area (Å²) in [5.74, 6) is -2.98. The fourth-order valence-corrected chi connectivity index (χ4v) is 1.64. The number of carbonyl (C=O) groups excluding carboxylic acids is 4. The molecule has 10 nitrogen and oxygen atoms in total. The number of nitrogens with one attached hydrogen (secondary N) is 2. The number of amides is 5. The average Bonchev–Trinajstić information content (AvgIpc) is 2.39. The van der Waals surface area contributed by atoms with E-state index in [-0.39, 0.29) is 18.7 Å². The number of carboxylic acid groups (broad SMARTS) is 1. The van der Waals surface area contributed by atoms with Gasteiger partial charge in [-0.3, -0.25) is 24.6 Å². The number of carboxylic acids is 1. The molecule has 1 atom stereocenters. The summed E-state index contributed by atoms with van der Waals surface area (Å²) in [6.45, 7) is -1.26. The van der Waals surface area contributed by atoms with Crippen LogP contribution in [-0.2, 0) is 23.9 Å². The molecule has 1 fully saturated rings. The number of imide groups is 2. The van der Waals surface area contributed by atoms with Crippen molar-refractivity contribution in [3.63, 3.8) is 0 Å². The molecule has 1 unspecified atom stereocenters. The van der Waals surface area contributed by atoms with Crippen LogP contribution in [0.15, 0.2) is 0 Å². The number of carbonyl (C=O) groups is 5. The van der Waals surface area contributed by atoms with Crippen LogP contribution in [0.5, 0.6) is 0 Å². The van der Waals surface area contributed by atoms with Gasteiger partial charge in [-0.2, -0.15) is 0 Å². The molecule has 0 bridgehead atoms. The highest BCUT2D eigenvalue weighted by Gasteiger charge is 2.32. The van der Waals surface area contributed by atoms with Crippen LogP contribution in [0.4, 0.5) is 4.79 Å². The SMILES string of the molecule is CN1C(=O)CCC(NC(=O)NC(=O)COCC(=O)O)C1=O. The van der Waals surface area contributed by atoms with Crippen LogP contribution in [0.3, 0.4) is 0 Å². The molecule has 1 heterocycles. The maximum atomic E-state index is 11.7. The molecule has 5 amide bonds. The third kappa shape index (κ3) is 5.18. The number of ether oxygens (including phenoxy) is 1. The van der Waals surface area contributed by atoms with E-state index >= 15 is 0 Å². The average molecular weight is 301 g/mol. The summed E-state index contributed by atoms with van der Waals surface area (Å²) in [5.41, 5.74) is 0. The topological polar surface area (TPSA) is 142 Å². The van der Waals surface area contributed by atoms with Crippen LogP contribution in [-0.4, -0.2) is 66.0 Å². The number of piperidine rings is 1. The number of likely N-dealkylation sites (N-methyl/N-ethyl adjacent to an activating group) is 1. The highest BCUT2D eigenvalue weighted by atomic mass is 16.5. The fourth-order valence-electron chi connectivity index (χ4n) is 1.64. The number of likely N-dealkylation sites (tertiary alicyclic amines) is 1. The first-order chi connectivity index (χ1) is 9.81. The van der Waals surface area contributed by atoms with E-state index in [1.165, 1.54) is 7.05 Å². The van der Waals surface area contributed by atoms with E-state index in [0.717, 1.165) is 4.90 Å². The third-order valence-corrected chi connectivity index (χ3v) is 2.67. The van der Waals surface area contributed by atoms with Gasteiger partial charge in [0.15, 0.2) is 0 Å². The fraction of sp³-hybridized carbons (Fsp3) is 0.545.